The largest absolute Gasteiger partial charge is 0.353 e. The summed E-state index contributed by atoms with van der Waals surface area (Å²) < 4.78 is 0. The molecule has 2 heterocycles. The van der Waals surface area contributed by atoms with E-state index >= 15 is 0 Å². The molecule has 0 radical (unpaired) electrons. The van der Waals surface area contributed by atoms with Crippen molar-refractivity contribution in [1.82, 2.24) is 15.0 Å². The molecule has 2 aromatic rings. The number of nitrogens with zero attached hydrogens (tertiary/aromatic N) is 7. The minimum atomic E-state index is -0.655. The molecule has 0 aliphatic heterocycles. The Kier molecular flexibility index (Phi) is 5.16. The first kappa shape index (κ1) is 16.6. The third-order valence-corrected chi connectivity index (χ3v) is 3.05. The molecule has 0 atom stereocenters. The molecular formula is C14H12N8O2. The van der Waals surface area contributed by atoms with Gasteiger partial charge in [-0.2, -0.15) is 10.5 Å². The number of aryl methyl sites for hydroxylation is 1. The zero-order valence-electron chi connectivity index (χ0n) is 12.7. The molecule has 120 valence electrons. The minimum absolute atomic E-state index is 0.0623. The lowest BCUT2D eigenvalue weighted by molar-refractivity contribution is -0.383. The van der Waals surface area contributed by atoms with Gasteiger partial charge in [-0.1, -0.05) is 6.07 Å². The van der Waals surface area contributed by atoms with E-state index in [2.05, 4.69) is 20.3 Å². The van der Waals surface area contributed by atoms with Crippen LogP contribution in [0.5, 0.6) is 0 Å². The van der Waals surface area contributed by atoms with Crippen LogP contribution in [0.25, 0.3) is 0 Å². The van der Waals surface area contributed by atoms with Gasteiger partial charge in [0.15, 0.2) is 0 Å². The zero-order chi connectivity index (χ0) is 17.5. The van der Waals surface area contributed by atoms with Crippen LogP contribution in [0.2, 0.25) is 0 Å². The number of nitriles is 2. The molecule has 1 N–H and O–H groups in total. The lowest BCUT2D eigenvalue weighted by Crippen LogP contribution is -2.26. The molecule has 2 aromatic heterocycles. The maximum absolute atomic E-state index is 11.5. The Labute approximate surface area is 137 Å². The topological polar surface area (TPSA) is 145 Å². The van der Waals surface area contributed by atoms with Gasteiger partial charge in [0.05, 0.1) is 17.1 Å². The molecule has 0 bridgehead atoms. The van der Waals surface area contributed by atoms with Crippen molar-refractivity contribution in [3.05, 3.63) is 40.3 Å². The third kappa shape index (κ3) is 3.51. The van der Waals surface area contributed by atoms with E-state index in [9.17, 15) is 10.1 Å². The molecule has 0 aromatic carbocycles. The van der Waals surface area contributed by atoms with Crippen LogP contribution in [0.4, 0.5) is 23.1 Å². The lowest BCUT2D eigenvalue weighted by atomic mass is 10.3. The summed E-state index contributed by atoms with van der Waals surface area (Å²) in [5, 5.41) is 32.0. The first-order chi connectivity index (χ1) is 11.6. The van der Waals surface area contributed by atoms with E-state index in [0.717, 1.165) is 11.9 Å². The number of pyridine rings is 1. The molecule has 10 heteroatoms. The first-order valence-corrected chi connectivity index (χ1v) is 6.75. The average molecular weight is 324 g/mol. The second kappa shape index (κ2) is 7.47. The van der Waals surface area contributed by atoms with Gasteiger partial charge in [0, 0.05) is 6.20 Å². The number of aromatic nitrogens is 3. The van der Waals surface area contributed by atoms with Crippen molar-refractivity contribution in [2.24, 2.45) is 0 Å². The minimum Gasteiger partial charge on any atom is -0.324 e. The van der Waals surface area contributed by atoms with E-state index in [1.807, 2.05) is 12.1 Å². The number of nitro groups is 1. The molecule has 10 nitrogen and oxygen atoms in total. The van der Waals surface area contributed by atoms with E-state index in [-0.39, 0.29) is 24.7 Å². The van der Waals surface area contributed by atoms with Crippen LogP contribution in [-0.4, -0.2) is 33.0 Å². The van der Waals surface area contributed by atoms with Crippen LogP contribution in [-0.2, 0) is 0 Å². The second-order valence-corrected chi connectivity index (χ2v) is 4.62. The van der Waals surface area contributed by atoms with Gasteiger partial charge in [-0.15, -0.1) is 0 Å². The number of anilines is 3. The Morgan fingerprint density at radius 2 is 1.96 bits per heavy atom. The third-order valence-electron chi connectivity index (χ3n) is 3.05. The highest BCUT2D eigenvalue weighted by Crippen LogP contribution is 2.33. The molecule has 0 unspecified atom stereocenters. The Morgan fingerprint density at radius 1 is 1.25 bits per heavy atom. The zero-order valence-corrected chi connectivity index (χ0v) is 12.7. The maximum atomic E-state index is 11.5. The summed E-state index contributed by atoms with van der Waals surface area (Å²) in [6.07, 6.45) is 2.67. The number of nitrogens with one attached hydrogen (secondary N) is 1. The fourth-order valence-electron chi connectivity index (χ4n) is 1.97. The molecule has 0 fully saturated rings. The van der Waals surface area contributed by atoms with Gasteiger partial charge in [0.1, 0.15) is 25.2 Å². The van der Waals surface area contributed by atoms with Gasteiger partial charge in [0.25, 0.3) is 0 Å². The van der Waals surface area contributed by atoms with Crippen molar-refractivity contribution >= 4 is 23.1 Å². The van der Waals surface area contributed by atoms with Crippen LogP contribution in [0.15, 0.2) is 24.7 Å². The normalized spacial score (nSPS) is 9.62. The maximum Gasteiger partial charge on any atom is 0.353 e. The average Bonchev–Trinajstić information content (AvgIpc) is 2.56. The number of hydrogen-bond acceptors (Lipinski definition) is 9. The molecule has 0 amide bonds. The van der Waals surface area contributed by atoms with Crippen LogP contribution in [0.3, 0.4) is 0 Å². The van der Waals surface area contributed by atoms with Crippen LogP contribution in [0.1, 0.15) is 5.56 Å². The van der Waals surface area contributed by atoms with E-state index in [1.54, 1.807) is 25.3 Å². The van der Waals surface area contributed by atoms with Crippen molar-refractivity contribution in [2.45, 2.75) is 6.92 Å². The standard InChI is InChI=1S/C14H12N8O2/c1-10-3-2-6-17-12(10)20-13-11(22(23)24)14(19-9-18-13)21(7-4-15)8-5-16/h2-3,6,9H,7-8H2,1H3,(H,17,18,19,20). The van der Waals surface area contributed by atoms with Gasteiger partial charge in [0.2, 0.25) is 11.6 Å². The van der Waals surface area contributed by atoms with Gasteiger partial charge in [-0.05, 0) is 18.6 Å². The fraction of sp³-hybridized carbons (Fsp3) is 0.214. The summed E-state index contributed by atoms with van der Waals surface area (Å²) in [4.78, 5) is 23.9. The molecular weight excluding hydrogens is 312 g/mol. The monoisotopic (exact) mass is 324 g/mol. The van der Waals surface area contributed by atoms with Crippen LogP contribution >= 0.6 is 0 Å². The Morgan fingerprint density at radius 3 is 2.54 bits per heavy atom. The number of rotatable bonds is 6. The quantitative estimate of drug-likeness (QED) is 0.476. The summed E-state index contributed by atoms with van der Waals surface area (Å²) >= 11 is 0. The van der Waals surface area contributed by atoms with Crippen molar-refractivity contribution in [1.29, 1.82) is 10.5 Å². The molecule has 0 aliphatic carbocycles. The second-order valence-electron chi connectivity index (χ2n) is 4.62. The highest BCUT2D eigenvalue weighted by atomic mass is 16.6. The molecule has 0 aliphatic rings. The summed E-state index contributed by atoms with van der Waals surface area (Å²) in [6.45, 7) is 1.36. The van der Waals surface area contributed by atoms with Gasteiger partial charge >= 0.3 is 5.69 Å². The van der Waals surface area contributed by atoms with E-state index in [4.69, 9.17) is 10.5 Å². The summed E-state index contributed by atoms with van der Waals surface area (Å²) in [5.74, 6) is 0.249. The van der Waals surface area contributed by atoms with Gasteiger partial charge in [-0.3, -0.25) is 10.1 Å². The van der Waals surface area contributed by atoms with Gasteiger partial charge < -0.3 is 10.2 Å². The summed E-state index contributed by atoms with van der Waals surface area (Å²) in [5.41, 5.74) is 0.353. The molecule has 0 saturated heterocycles. The highest BCUT2D eigenvalue weighted by molar-refractivity contribution is 5.74. The van der Waals surface area contributed by atoms with E-state index < -0.39 is 10.6 Å². The van der Waals surface area contributed by atoms with Crippen molar-refractivity contribution in [3.8, 4) is 12.1 Å². The summed E-state index contributed by atoms with van der Waals surface area (Å²) in [6, 6.07) is 7.24. The SMILES string of the molecule is Cc1cccnc1Nc1ncnc(N(CC#N)CC#N)c1[N+](=O)[O-]. The first-order valence-electron chi connectivity index (χ1n) is 6.75. The Hall–Kier alpha value is -3.79. The van der Waals surface area contributed by atoms with Crippen LogP contribution in [0, 0.1) is 39.7 Å². The van der Waals surface area contributed by atoms with Crippen molar-refractivity contribution < 1.29 is 4.92 Å². The van der Waals surface area contributed by atoms with Gasteiger partial charge in [-0.25, -0.2) is 15.0 Å². The van der Waals surface area contributed by atoms with E-state index in [0.29, 0.717) is 5.82 Å². The van der Waals surface area contributed by atoms with Crippen LogP contribution < -0.4 is 10.2 Å². The van der Waals surface area contributed by atoms with Crippen molar-refractivity contribution in [2.75, 3.05) is 23.3 Å². The highest BCUT2D eigenvalue weighted by Gasteiger charge is 2.27. The molecule has 24 heavy (non-hydrogen) atoms. The van der Waals surface area contributed by atoms with Crippen molar-refractivity contribution in [3.63, 3.8) is 0 Å². The molecule has 2 rings (SSSR count). The Balaban J connectivity index is 2.52. The molecule has 0 saturated carbocycles. The van der Waals surface area contributed by atoms with E-state index in [1.165, 1.54) is 4.90 Å². The molecule has 0 spiro atoms. The predicted octanol–water partition coefficient (Wildman–Crippen LogP) is 1.69. The smallest absolute Gasteiger partial charge is 0.324 e. The fourth-order valence-corrected chi connectivity index (χ4v) is 1.97. The summed E-state index contributed by atoms with van der Waals surface area (Å²) in [7, 11) is 0. The number of hydrogen-bond donors (Lipinski definition) is 1. The lowest BCUT2D eigenvalue weighted by Gasteiger charge is -2.17. The Bertz CT molecular complexity index is 823. The predicted molar refractivity (Wildman–Crippen MR) is 84.4 cm³/mol.